The van der Waals surface area contributed by atoms with Gasteiger partial charge in [-0.3, -0.25) is 9.97 Å². The van der Waals surface area contributed by atoms with Gasteiger partial charge in [0.05, 0.1) is 22.2 Å². The van der Waals surface area contributed by atoms with Crippen LogP contribution in [0.1, 0.15) is 44.8 Å². The van der Waals surface area contributed by atoms with Crippen LogP contribution in [0.15, 0.2) is 182 Å². The van der Waals surface area contributed by atoms with E-state index in [4.69, 9.17) is 9.97 Å². The van der Waals surface area contributed by atoms with Crippen molar-refractivity contribution in [2.45, 2.75) is 10.8 Å². The maximum atomic E-state index is 5.03. The molecular weight excluding hydrogens is 800 g/mol. The fourth-order valence-electron chi connectivity index (χ4n) is 8.74. The summed E-state index contributed by atoms with van der Waals surface area (Å²) in [4.78, 5) is 10.1. The van der Waals surface area contributed by atoms with Gasteiger partial charge in [-0.15, -0.1) is 23.3 Å². The van der Waals surface area contributed by atoms with E-state index in [1.54, 1.807) is 0 Å². The van der Waals surface area contributed by atoms with Crippen LogP contribution in [0, 0.1) is 12.1 Å². The summed E-state index contributed by atoms with van der Waals surface area (Å²) in [5.41, 5.74) is 14.6. The van der Waals surface area contributed by atoms with Crippen molar-refractivity contribution in [3.63, 3.8) is 0 Å². The zero-order chi connectivity index (χ0) is 33.1. The van der Waals surface area contributed by atoms with E-state index in [1.165, 1.54) is 44.5 Å². The van der Waals surface area contributed by atoms with Crippen molar-refractivity contribution in [1.29, 1.82) is 0 Å². The maximum Gasteiger partial charge on any atom is 0.0709 e. The molecule has 0 bridgehead atoms. The van der Waals surface area contributed by atoms with Crippen molar-refractivity contribution in [2.75, 3.05) is 0 Å². The van der Waals surface area contributed by atoms with Crippen molar-refractivity contribution >= 4 is 0 Å². The van der Waals surface area contributed by atoms with Crippen LogP contribution in [0.5, 0.6) is 0 Å². The molecule has 2 aliphatic rings. The average molecular weight is 830 g/mol. The van der Waals surface area contributed by atoms with E-state index >= 15 is 0 Å². The monoisotopic (exact) mass is 829 g/mol. The van der Waals surface area contributed by atoms with Crippen molar-refractivity contribution in [3.8, 4) is 33.4 Å². The Labute approximate surface area is 312 Å². The Kier molecular flexibility index (Phi) is 7.53. The minimum atomic E-state index is -0.624. The predicted octanol–water partition coefficient (Wildman–Crippen LogP) is 10.5. The fourth-order valence-corrected chi connectivity index (χ4v) is 8.74. The van der Waals surface area contributed by atoms with E-state index in [-0.39, 0.29) is 21.1 Å². The molecule has 0 unspecified atom stereocenters. The first-order chi connectivity index (χ1) is 24.8. The van der Waals surface area contributed by atoms with Gasteiger partial charge in [0, 0.05) is 33.5 Å². The average Bonchev–Trinajstić information content (AvgIpc) is 3.68. The van der Waals surface area contributed by atoms with Crippen molar-refractivity contribution < 1.29 is 21.1 Å². The van der Waals surface area contributed by atoms with Crippen LogP contribution in [0.4, 0.5) is 0 Å². The second kappa shape index (κ2) is 12.3. The predicted molar refractivity (Wildman–Crippen MR) is 200 cm³/mol. The molecule has 51 heavy (non-hydrogen) atoms. The third-order valence-electron chi connectivity index (χ3n) is 10.7. The van der Waals surface area contributed by atoms with E-state index in [0.29, 0.717) is 0 Å². The van der Waals surface area contributed by atoms with Gasteiger partial charge in [0.1, 0.15) is 0 Å². The number of rotatable bonds is 5. The Morgan fingerprint density at radius 1 is 0.333 bits per heavy atom. The zero-order valence-corrected chi connectivity index (χ0v) is 29.8. The summed E-state index contributed by atoms with van der Waals surface area (Å²) in [6.07, 6.45) is 3.80. The number of hydrogen-bond donors (Lipinski definition) is 0. The molecular formula is C48H30N2Pt-2. The number of benzene rings is 6. The van der Waals surface area contributed by atoms with Gasteiger partial charge in [-0.05, 0) is 68.8 Å². The molecule has 0 N–H and O–H groups in total. The standard InChI is InChI=1S/C48H30N2.Pt/c1-5-23-41-37(19-1)38-20-2-6-24-42(38)47(41,45-27-9-11-29-49-45)35-17-13-15-33(31-35)34-16-14-18-36(32-34)48(46-28-10-12-30-50-46)43-25-7-3-21-39(43)40-22-4-8-26-44(40)48;/h1-30H;/q-2;. The zero-order valence-electron chi connectivity index (χ0n) is 27.5. The molecule has 8 aromatic rings. The van der Waals surface area contributed by atoms with E-state index in [1.807, 2.05) is 24.5 Å². The minimum Gasteiger partial charge on any atom is -0.260 e. The maximum absolute atomic E-state index is 5.03. The van der Waals surface area contributed by atoms with E-state index in [0.717, 1.165) is 33.6 Å². The van der Waals surface area contributed by atoms with Crippen LogP contribution >= 0.6 is 0 Å². The van der Waals surface area contributed by atoms with Gasteiger partial charge in [0.15, 0.2) is 0 Å². The van der Waals surface area contributed by atoms with Crippen LogP contribution in [0.2, 0.25) is 0 Å². The summed E-state index contributed by atoms with van der Waals surface area (Å²) in [5, 5.41) is 0. The topological polar surface area (TPSA) is 25.8 Å². The van der Waals surface area contributed by atoms with E-state index < -0.39 is 10.8 Å². The first kappa shape index (κ1) is 31.3. The summed E-state index contributed by atoms with van der Waals surface area (Å²) in [5.74, 6) is 0. The van der Waals surface area contributed by atoms with Crippen molar-refractivity contribution in [1.82, 2.24) is 9.97 Å². The third kappa shape index (κ3) is 4.40. The van der Waals surface area contributed by atoms with Gasteiger partial charge in [-0.2, -0.15) is 36.4 Å². The largest absolute Gasteiger partial charge is 0.260 e. The van der Waals surface area contributed by atoms with Gasteiger partial charge in [-0.25, -0.2) is 11.1 Å². The first-order valence-electron chi connectivity index (χ1n) is 17.1. The third-order valence-corrected chi connectivity index (χ3v) is 10.7. The second-order valence-electron chi connectivity index (χ2n) is 13.1. The summed E-state index contributed by atoms with van der Waals surface area (Å²) in [6, 6.07) is 68.4. The van der Waals surface area contributed by atoms with Gasteiger partial charge in [0.2, 0.25) is 0 Å². The molecule has 0 aliphatic heterocycles. The molecule has 0 saturated carbocycles. The number of hydrogen-bond acceptors (Lipinski definition) is 2. The fraction of sp³-hybridized carbons (Fsp3) is 0.0417. The van der Waals surface area contributed by atoms with Crippen molar-refractivity contribution in [2.24, 2.45) is 0 Å². The van der Waals surface area contributed by atoms with E-state index in [2.05, 4.69) is 170 Å². The van der Waals surface area contributed by atoms with Crippen LogP contribution in [0.3, 0.4) is 0 Å². The van der Waals surface area contributed by atoms with Gasteiger partial charge in [-0.1, -0.05) is 109 Å². The Balaban J connectivity index is 0.00000348. The summed E-state index contributed by atoms with van der Waals surface area (Å²) in [6.45, 7) is 0. The molecule has 2 heterocycles. The van der Waals surface area contributed by atoms with Gasteiger partial charge in [0.25, 0.3) is 0 Å². The Hall–Kier alpha value is -5.69. The number of pyridine rings is 2. The quantitative estimate of drug-likeness (QED) is 0.162. The number of aromatic nitrogens is 2. The first-order valence-corrected chi connectivity index (χ1v) is 17.1. The molecule has 2 aliphatic carbocycles. The molecule has 0 spiro atoms. The van der Waals surface area contributed by atoms with Crippen molar-refractivity contribution in [3.05, 3.63) is 239 Å². The molecule has 10 rings (SSSR count). The van der Waals surface area contributed by atoms with Crippen LogP contribution in [-0.4, -0.2) is 9.97 Å². The molecule has 0 radical (unpaired) electrons. The molecule has 3 heteroatoms. The number of fused-ring (bicyclic) bond motifs is 6. The molecule has 2 aromatic heterocycles. The normalized spacial score (nSPS) is 14.0. The minimum absolute atomic E-state index is 0. The molecule has 2 nitrogen and oxygen atoms in total. The van der Waals surface area contributed by atoms with E-state index in [9.17, 15) is 0 Å². The smallest absolute Gasteiger partial charge is 0.0709 e. The molecule has 0 saturated heterocycles. The summed E-state index contributed by atoms with van der Waals surface area (Å²) in [7, 11) is 0. The summed E-state index contributed by atoms with van der Waals surface area (Å²) < 4.78 is 0. The molecule has 244 valence electrons. The Morgan fingerprint density at radius 2 is 0.667 bits per heavy atom. The molecule has 0 atom stereocenters. The van der Waals surface area contributed by atoms with Gasteiger partial charge >= 0.3 is 0 Å². The van der Waals surface area contributed by atoms with Crippen LogP contribution in [0.25, 0.3) is 33.4 Å². The SMILES string of the molecule is [Pt].[c-]1c(-c2[c-]c(C3(c4ccccn4)c4ccccc4-c4ccccc43)ccc2)cccc1C1(c2ccccn2)c2ccccc2-c2ccccc21. The molecule has 0 fully saturated rings. The van der Waals surface area contributed by atoms with Gasteiger partial charge < -0.3 is 0 Å². The molecule has 6 aromatic carbocycles. The Morgan fingerprint density at radius 3 is 1.00 bits per heavy atom. The van der Waals surface area contributed by atoms with Crippen LogP contribution in [-0.2, 0) is 31.9 Å². The second-order valence-corrected chi connectivity index (χ2v) is 13.1. The molecule has 0 amide bonds. The Bertz CT molecular complexity index is 2290. The van der Waals surface area contributed by atoms with Crippen LogP contribution < -0.4 is 0 Å². The number of nitrogens with zero attached hydrogens (tertiary/aromatic N) is 2. The summed E-state index contributed by atoms with van der Waals surface area (Å²) >= 11 is 0.